The summed E-state index contributed by atoms with van der Waals surface area (Å²) in [4.78, 5) is 15.4. The highest BCUT2D eigenvalue weighted by Gasteiger charge is 2.13. The zero-order valence-corrected chi connectivity index (χ0v) is 14.5. The van der Waals surface area contributed by atoms with Gasteiger partial charge in [-0.15, -0.1) is 0 Å². The molecule has 7 heteroatoms. The molecule has 0 spiro atoms. The molecule has 0 bridgehead atoms. The number of aromatic nitrogens is 3. The molecule has 7 nitrogen and oxygen atoms in total. The van der Waals surface area contributed by atoms with E-state index in [9.17, 15) is 4.79 Å². The number of hydrogen-bond acceptors (Lipinski definition) is 4. The van der Waals surface area contributed by atoms with Crippen molar-refractivity contribution in [1.82, 2.24) is 20.2 Å². The van der Waals surface area contributed by atoms with E-state index in [1.54, 1.807) is 14.0 Å². The molecular weight excluding hydrogens is 316 g/mol. The number of carbonyl (C=O) groups excluding carboxylic acids is 1. The van der Waals surface area contributed by atoms with E-state index in [4.69, 9.17) is 5.26 Å². The van der Waals surface area contributed by atoms with Crippen molar-refractivity contribution in [2.75, 3.05) is 5.43 Å². The van der Waals surface area contributed by atoms with Crippen molar-refractivity contribution in [2.45, 2.75) is 26.7 Å². The third kappa shape index (κ3) is 3.33. The van der Waals surface area contributed by atoms with E-state index >= 15 is 0 Å². The highest BCUT2D eigenvalue weighted by Crippen LogP contribution is 2.21. The Balaban J connectivity index is 1.62. The lowest BCUT2D eigenvalue weighted by molar-refractivity contribution is -0.120. The van der Waals surface area contributed by atoms with Crippen LogP contribution in [0.4, 0.5) is 5.82 Å². The second-order valence-electron chi connectivity index (χ2n) is 6.08. The minimum atomic E-state index is -0.148. The van der Waals surface area contributed by atoms with E-state index in [-0.39, 0.29) is 5.91 Å². The molecule has 0 atom stereocenters. The Morgan fingerprint density at radius 3 is 2.96 bits per heavy atom. The number of hydrazine groups is 1. The molecule has 0 fully saturated rings. The molecule has 2 heterocycles. The Morgan fingerprint density at radius 2 is 2.20 bits per heavy atom. The molecule has 0 radical (unpaired) electrons. The van der Waals surface area contributed by atoms with Gasteiger partial charge in [-0.1, -0.05) is 11.6 Å². The smallest absolute Gasteiger partial charge is 0.238 e. The van der Waals surface area contributed by atoms with Crippen molar-refractivity contribution in [2.24, 2.45) is 7.05 Å². The molecule has 3 rings (SSSR count). The number of hydrogen-bond donors (Lipinski definition) is 3. The number of rotatable bonds is 5. The van der Waals surface area contributed by atoms with Crippen molar-refractivity contribution in [3.05, 3.63) is 46.8 Å². The van der Waals surface area contributed by atoms with Crippen LogP contribution in [0.3, 0.4) is 0 Å². The number of carbonyl (C=O) groups is 1. The zero-order valence-electron chi connectivity index (χ0n) is 14.5. The number of H-pyrrole nitrogens is 1. The Bertz CT molecular complexity index is 976. The first-order chi connectivity index (χ1) is 12.0. The number of aromatic amines is 1. The Morgan fingerprint density at radius 1 is 1.40 bits per heavy atom. The minimum Gasteiger partial charge on any atom is -0.361 e. The lowest BCUT2D eigenvalue weighted by Gasteiger charge is -2.09. The molecule has 3 aromatic rings. The number of nitriles is 1. The molecule has 0 unspecified atom stereocenters. The first-order valence-corrected chi connectivity index (χ1v) is 8.04. The molecule has 0 saturated heterocycles. The summed E-state index contributed by atoms with van der Waals surface area (Å²) in [6, 6.07) is 8.31. The molecular formula is C18H20N6O. The van der Waals surface area contributed by atoms with E-state index < -0.39 is 0 Å². The Kier molecular flexibility index (Phi) is 4.44. The van der Waals surface area contributed by atoms with Crippen LogP contribution in [-0.2, 0) is 18.3 Å². The summed E-state index contributed by atoms with van der Waals surface area (Å²) in [5.41, 5.74) is 9.86. The van der Waals surface area contributed by atoms with Crippen LogP contribution in [0, 0.1) is 25.2 Å². The molecule has 1 amide bonds. The fourth-order valence-electron chi connectivity index (χ4n) is 2.87. The van der Waals surface area contributed by atoms with Gasteiger partial charge < -0.3 is 4.98 Å². The van der Waals surface area contributed by atoms with E-state index in [1.807, 2.05) is 12.3 Å². The number of aryl methyl sites for hydroxylation is 4. The van der Waals surface area contributed by atoms with Gasteiger partial charge in [-0.3, -0.25) is 20.3 Å². The first-order valence-electron chi connectivity index (χ1n) is 8.04. The largest absolute Gasteiger partial charge is 0.361 e. The maximum Gasteiger partial charge on any atom is 0.238 e. The minimum absolute atomic E-state index is 0.148. The number of anilines is 1. The number of nitrogens with one attached hydrogen (secondary N) is 3. The number of nitrogens with zero attached hydrogens (tertiary/aromatic N) is 3. The van der Waals surface area contributed by atoms with Gasteiger partial charge in [0.1, 0.15) is 11.6 Å². The monoisotopic (exact) mass is 336 g/mol. The number of fused-ring (bicyclic) bond motifs is 1. The van der Waals surface area contributed by atoms with E-state index in [2.05, 4.69) is 46.1 Å². The average molecular weight is 336 g/mol. The molecule has 0 saturated carbocycles. The second kappa shape index (κ2) is 6.69. The van der Waals surface area contributed by atoms with Gasteiger partial charge in [-0.25, -0.2) is 0 Å². The normalized spacial score (nSPS) is 10.6. The third-order valence-corrected chi connectivity index (χ3v) is 4.20. The van der Waals surface area contributed by atoms with Crippen LogP contribution in [0.1, 0.15) is 28.8 Å². The summed E-state index contributed by atoms with van der Waals surface area (Å²) in [6.07, 6.45) is 2.92. The summed E-state index contributed by atoms with van der Waals surface area (Å²) in [7, 11) is 1.72. The molecule has 128 valence electrons. The zero-order chi connectivity index (χ0) is 18.0. The van der Waals surface area contributed by atoms with Crippen molar-refractivity contribution in [3.8, 4) is 6.07 Å². The molecule has 3 N–H and O–H groups in total. The van der Waals surface area contributed by atoms with E-state index in [1.165, 1.54) is 10.2 Å². The SMILES string of the molecule is Cc1ccc2[nH]cc(CCC(=O)NNc3c(C#N)c(C)nn3C)c2c1. The van der Waals surface area contributed by atoms with Gasteiger partial charge in [-0.2, -0.15) is 10.4 Å². The molecule has 2 aromatic heterocycles. The van der Waals surface area contributed by atoms with Gasteiger partial charge in [0.2, 0.25) is 5.91 Å². The summed E-state index contributed by atoms with van der Waals surface area (Å²) in [5.74, 6) is 0.334. The topological polar surface area (TPSA) is 98.5 Å². The van der Waals surface area contributed by atoms with Gasteiger partial charge in [0.25, 0.3) is 0 Å². The second-order valence-corrected chi connectivity index (χ2v) is 6.08. The predicted molar refractivity (Wildman–Crippen MR) is 95.8 cm³/mol. The van der Waals surface area contributed by atoms with Crippen LogP contribution >= 0.6 is 0 Å². The van der Waals surface area contributed by atoms with Gasteiger partial charge in [0.15, 0.2) is 5.82 Å². The summed E-state index contributed by atoms with van der Waals surface area (Å²) < 4.78 is 1.54. The third-order valence-electron chi connectivity index (χ3n) is 4.20. The van der Waals surface area contributed by atoms with Crippen molar-refractivity contribution in [1.29, 1.82) is 5.26 Å². The molecule has 25 heavy (non-hydrogen) atoms. The molecule has 0 aliphatic heterocycles. The average Bonchev–Trinajstić information content (AvgIpc) is 3.10. The van der Waals surface area contributed by atoms with Crippen LogP contribution in [0.5, 0.6) is 0 Å². The van der Waals surface area contributed by atoms with Crippen LogP contribution < -0.4 is 10.9 Å². The fourth-order valence-corrected chi connectivity index (χ4v) is 2.87. The maximum absolute atomic E-state index is 12.1. The van der Waals surface area contributed by atoms with Crippen molar-refractivity contribution < 1.29 is 4.79 Å². The number of amides is 1. The van der Waals surface area contributed by atoms with Crippen molar-refractivity contribution >= 4 is 22.6 Å². The predicted octanol–water partition coefficient (Wildman–Crippen LogP) is 2.47. The molecule has 0 aliphatic carbocycles. The van der Waals surface area contributed by atoms with E-state index in [0.717, 1.165) is 16.5 Å². The fraction of sp³-hybridized carbons (Fsp3) is 0.278. The lowest BCUT2D eigenvalue weighted by atomic mass is 10.1. The van der Waals surface area contributed by atoms with Gasteiger partial charge >= 0.3 is 0 Å². The van der Waals surface area contributed by atoms with Crippen molar-refractivity contribution in [3.63, 3.8) is 0 Å². The summed E-state index contributed by atoms with van der Waals surface area (Å²) in [6.45, 7) is 3.81. The van der Waals surface area contributed by atoms with Crippen LogP contribution in [0.25, 0.3) is 10.9 Å². The highest BCUT2D eigenvalue weighted by molar-refractivity contribution is 5.85. The van der Waals surface area contributed by atoms with E-state index in [0.29, 0.717) is 29.9 Å². The maximum atomic E-state index is 12.1. The Labute approximate surface area is 145 Å². The first kappa shape index (κ1) is 16.6. The Hall–Kier alpha value is -3.27. The van der Waals surface area contributed by atoms with Crippen LogP contribution in [0.2, 0.25) is 0 Å². The molecule has 0 aliphatic rings. The van der Waals surface area contributed by atoms with Gasteiger partial charge in [-0.05, 0) is 38.0 Å². The summed E-state index contributed by atoms with van der Waals surface area (Å²) in [5, 5.41) is 14.5. The quantitative estimate of drug-likeness (QED) is 0.623. The highest BCUT2D eigenvalue weighted by atomic mass is 16.2. The lowest BCUT2D eigenvalue weighted by Crippen LogP contribution is -2.30. The van der Waals surface area contributed by atoms with Crippen LogP contribution in [-0.4, -0.2) is 20.7 Å². The van der Waals surface area contributed by atoms with Gasteiger partial charge in [0, 0.05) is 30.6 Å². The molecule has 1 aromatic carbocycles. The standard InChI is InChI=1S/C18H20N6O/c1-11-4-6-16-14(8-11)13(10-20-16)5-7-17(25)21-22-18-15(9-19)12(2)23-24(18)3/h4,6,8,10,20,22H,5,7H2,1-3H3,(H,21,25). The number of benzene rings is 1. The van der Waals surface area contributed by atoms with Gasteiger partial charge in [0.05, 0.1) is 5.69 Å². The van der Waals surface area contributed by atoms with Crippen LogP contribution in [0.15, 0.2) is 24.4 Å². The summed E-state index contributed by atoms with van der Waals surface area (Å²) >= 11 is 0.